The fourth-order valence-corrected chi connectivity index (χ4v) is 4.05. The third-order valence-corrected chi connectivity index (χ3v) is 5.46. The summed E-state index contributed by atoms with van der Waals surface area (Å²) in [5, 5.41) is 5.57. The number of likely N-dealkylation sites (tertiary alicyclic amines) is 1. The third-order valence-electron chi connectivity index (χ3n) is 5.46. The second-order valence-corrected chi connectivity index (χ2v) is 7.17. The number of amides is 1. The average Bonchev–Trinajstić information content (AvgIpc) is 3.24. The van der Waals surface area contributed by atoms with Crippen molar-refractivity contribution in [2.24, 2.45) is 0 Å². The zero-order valence-electron chi connectivity index (χ0n) is 16.8. The molecule has 2 aromatic carbocycles. The fourth-order valence-electron chi connectivity index (χ4n) is 4.05. The number of nitrogens with zero attached hydrogens (tertiary/aromatic N) is 3. The van der Waals surface area contributed by atoms with E-state index in [0.29, 0.717) is 36.2 Å². The number of hydrogen-bond acceptors (Lipinski definition) is 4. The Bertz CT molecular complexity index is 1090. The lowest BCUT2D eigenvalue weighted by molar-refractivity contribution is 0.0729. The molecule has 0 saturated carbocycles. The number of ether oxygens (including phenoxy) is 1. The van der Waals surface area contributed by atoms with Crippen molar-refractivity contribution in [3.8, 4) is 5.75 Å². The highest BCUT2D eigenvalue weighted by Crippen LogP contribution is 2.34. The third kappa shape index (κ3) is 3.50. The van der Waals surface area contributed by atoms with Gasteiger partial charge in [-0.1, -0.05) is 30.3 Å². The van der Waals surface area contributed by atoms with Crippen LogP contribution in [0.2, 0.25) is 0 Å². The number of benzene rings is 2. The Kier molecular flexibility index (Phi) is 5.34. The van der Waals surface area contributed by atoms with E-state index < -0.39 is 0 Å². The van der Waals surface area contributed by atoms with Gasteiger partial charge in [-0.3, -0.25) is 9.59 Å². The van der Waals surface area contributed by atoms with Crippen molar-refractivity contribution in [1.29, 1.82) is 0 Å². The van der Waals surface area contributed by atoms with Crippen LogP contribution in [0.3, 0.4) is 0 Å². The molecule has 1 atom stereocenters. The molecule has 4 rings (SSSR count). The molecule has 1 amide bonds. The maximum atomic E-state index is 13.5. The van der Waals surface area contributed by atoms with Crippen LogP contribution in [-0.2, 0) is 6.54 Å². The molecule has 1 fully saturated rings. The first kappa shape index (κ1) is 19.2. The number of hydrogen-bond donors (Lipinski definition) is 0. The predicted octanol–water partition coefficient (Wildman–Crippen LogP) is 3.79. The van der Waals surface area contributed by atoms with E-state index >= 15 is 0 Å². The molecule has 1 saturated heterocycles. The van der Waals surface area contributed by atoms with Crippen molar-refractivity contribution in [1.82, 2.24) is 14.7 Å². The minimum Gasteiger partial charge on any atom is -0.494 e. The summed E-state index contributed by atoms with van der Waals surface area (Å²) >= 11 is 0. The molecule has 0 radical (unpaired) electrons. The zero-order valence-corrected chi connectivity index (χ0v) is 16.8. The van der Waals surface area contributed by atoms with Gasteiger partial charge in [0.25, 0.3) is 11.5 Å². The molecule has 1 aromatic heterocycles. The first-order valence-electron chi connectivity index (χ1n) is 10.2. The molecule has 3 aromatic rings. The lowest BCUT2D eigenvalue weighted by Gasteiger charge is -2.25. The van der Waals surface area contributed by atoms with Crippen LogP contribution in [0.25, 0.3) is 10.8 Å². The first-order chi connectivity index (χ1) is 14.1. The Labute approximate surface area is 169 Å². The largest absolute Gasteiger partial charge is 0.494 e. The van der Waals surface area contributed by atoms with Crippen molar-refractivity contribution < 1.29 is 9.53 Å². The molecule has 2 heterocycles. The Balaban J connectivity index is 1.72. The van der Waals surface area contributed by atoms with Crippen LogP contribution >= 0.6 is 0 Å². The second kappa shape index (κ2) is 8.07. The highest BCUT2D eigenvalue weighted by atomic mass is 16.5. The summed E-state index contributed by atoms with van der Waals surface area (Å²) in [6.07, 6.45) is 1.85. The van der Waals surface area contributed by atoms with E-state index in [1.807, 2.05) is 55.1 Å². The Hall–Kier alpha value is -3.15. The van der Waals surface area contributed by atoms with Gasteiger partial charge in [0.2, 0.25) is 0 Å². The van der Waals surface area contributed by atoms with Crippen molar-refractivity contribution in [2.75, 3.05) is 13.2 Å². The maximum absolute atomic E-state index is 13.5. The van der Waals surface area contributed by atoms with Gasteiger partial charge in [0, 0.05) is 18.5 Å². The molecule has 1 aliphatic heterocycles. The van der Waals surface area contributed by atoms with E-state index in [0.717, 1.165) is 24.2 Å². The number of rotatable bonds is 5. The standard InChI is InChI=1S/C23H25N3O3/c1-3-26-22(27)19-9-6-5-8-18(19)21(24-26)23(28)25-15-7-10-20(25)16-11-13-17(14-12-16)29-4-2/h5-6,8-9,11-14,20H,3-4,7,10,15H2,1-2H3/t20-/m1/s1. The molecular weight excluding hydrogens is 366 g/mol. The smallest absolute Gasteiger partial charge is 0.275 e. The molecule has 29 heavy (non-hydrogen) atoms. The predicted molar refractivity (Wildman–Crippen MR) is 112 cm³/mol. The first-order valence-corrected chi connectivity index (χ1v) is 10.2. The Morgan fingerprint density at radius 1 is 1.10 bits per heavy atom. The SMILES string of the molecule is CCOc1ccc([C@H]2CCCN2C(=O)c2nn(CC)c(=O)c3ccccc23)cc1. The normalized spacial score (nSPS) is 16.3. The highest BCUT2D eigenvalue weighted by molar-refractivity contribution is 6.05. The summed E-state index contributed by atoms with van der Waals surface area (Å²) in [7, 11) is 0. The lowest BCUT2D eigenvalue weighted by Crippen LogP contribution is -2.34. The summed E-state index contributed by atoms with van der Waals surface area (Å²) in [6.45, 7) is 5.54. The summed E-state index contributed by atoms with van der Waals surface area (Å²) in [5.74, 6) is 0.703. The van der Waals surface area contributed by atoms with Crippen molar-refractivity contribution in [3.05, 3.63) is 70.1 Å². The van der Waals surface area contributed by atoms with Crippen molar-refractivity contribution in [3.63, 3.8) is 0 Å². The van der Waals surface area contributed by atoms with Gasteiger partial charge in [0.05, 0.1) is 18.0 Å². The average molecular weight is 391 g/mol. The zero-order chi connectivity index (χ0) is 20.4. The molecule has 6 nitrogen and oxygen atoms in total. The molecule has 1 aliphatic rings. The van der Waals surface area contributed by atoms with Crippen LogP contribution < -0.4 is 10.3 Å². The number of carbonyl (C=O) groups excluding carboxylic acids is 1. The van der Waals surface area contributed by atoms with Gasteiger partial charge in [-0.05, 0) is 50.5 Å². The molecule has 150 valence electrons. The van der Waals surface area contributed by atoms with E-state index in [1.165, 1.54) is 4.68 Å². The number of fused-ring (bicyclic) bond motifs is 1. The van der Waals surface area contributed by atoms with Gasteiger partial charge >= 0.3 is 0 Å². The van der Waals surface area contributed by atoms with E-state index in [4.69, 9.17) is 4.74 Å². The van der Waals surface area contributed by atoms with Gasteiger partial charge in [-0.25, -0.2) is 4.68 Å². The number of carbonyl (C=O) groups is 1. The molecule has 0 spiro atoms. The summed E-state index contributed by atoms with van der Waals surface area (Å²) in [6, 6.07) is 15.2. The monoisotopic (exact) mass is 391 g/mol. The molecule has 0 aliphatic carbocycles. The Morgan fingerprint density at radius 2 is 1.83 bits per heavy atom. The minimum atomic E-state index is -0.163. The number of aryl methyl sites for hydroxylation is 1. The fraction of sp³-hybridized carbons (Fsp3) is 0.348. The van der Waals surface area contributed by atoms with Crippen LogP contribution in [0.15, 0.2) is 53.3 Å². The van der Waals surface area contributed by atoms with Gasteiger partial charge < -0.3 is 9.64 Å². The quantitative estimate of drug-likeness (QED) is 0.664. The molecule has 0 N–H and O–H groups in total. The van der Waals surface area contributed by atoms with Gasteiger partial charge in [-0.15, -0.1) is 0 Å². The summed E-state index contributed by atoms with van der Waals surface area (Å²) in [5.41, 5.74) is 1.27. The van der Waals surface area contributed by atoms with Crippen LogP contribution in [0.5, 0.6) is 5.75 Å². The summed E-state index contributed by atoms with van der Waals surface area (Å²) in [4.78, 5) is 28.0. The van der Waals surface area contributed by atoms with Gasteiger partial charge in [0.15, 0.2) is 5.69 Å². The van der Waals surface area contributed by atoms with Crippen LogP contribution in [0.4, 0.5) is 0 Å². The minimum absolute atomic E-state index is 0.000688. The van der Waals surface area contributed by atoms with E-state index in [1.54, 1.807) is 12.1 Å². The summed E-state index contributed by atoms with van der Waals surface area (Å²) < 4.78 is 6.90. The lowest BCUT2D eigenvalue weighted by atomic mass is 10.0. The molecular formula is C23H25N3O3. The molecule has 6 heteroatoms. The topological polar surface area (TPSA) is 64.4 Å². The van der Waals surface area contributed by atoms with Gasteiger partial charge in [0.1, 0.15) is 5.75 Å². The van der Waals surface area contributed by atoms with E-state index in [-0.39, 0.29) is 17.5 Å². The molecule has 0 unspecified atom stereocenters. The van der Waals surface area contributed by atoms with Crippen LogP contribution in [0.1, 0.15) is 48.8 Å². The van der Waals surface area contributed by atoms with E-state index in [9.17, 15) is 9.59 Å². The van der Waals surface area contributed by atoms with Crippen molar-refractivity contribution in [2.45, 2.75) is 39.3 Å². The van der Waals surface area contributed by atoms with Gasteiger partial charge in [-0.2, -0.15) is 5.10 Å². The highest BCUT2D eigenvalue weighted by Gasteiger charge is 2.32. The van der Waals surface area contributed by atoms with Crippen molar-refractivity contribution >= 4 is 16.7 Å². The number of aromatic nitrogens is 2. The van der Waals surface area contributed by atoms with Crippen LogP contribution in [-0.4, -0.2) is 33.7 Å². The van der Waals surface area contributed by atoms with Crippen LogP contribution in [0, 0.1) is 0 Å². The Morgan fingerprint density at radius 3 is 2.52 bits per heavy atom. The maximum Gasteiger partial charge on any atom is 0.275 e. The van der Waals surface area contributed by atoms with E-state index in [2.05, 4.69) is 5.10 Å². The second-order valence-electron chi connectivity index (χ2n) is 7.17. The molecule has 0 bridgehead atoms.